The summed E-state index contributed by atoms with van der Waals surface area (Å²) in [6.07, 6.45) is 0. The van der Waals surface area contributed by atoms with Crippen LogP contribution in [0.2, 0.25) is 0 Å². The molecule has 1 aromatic carbocycles. The predicted octanol–water partition coefficient (Wildman–Crippen LogP) is 2.96. The molecule has 0 saturated carbocycles. The highest BCUT2D eigenvalue weighted by Crippen LogP contribution is 2.19. The van der Waals surface area contributed by atoms with E-state index in [1.807, 2.05) is 0 Å². The van der Waals surface area contributed by atoms with Gasteiger partial charge in [-0.2, -0.15) is 0 Å². The standard InChI is InChI=1S/C7H4BrClFNO/c8-5-3-1-2-4(6(5)10)7(9)11-12/h1-3,12H/b11-7-. The third-order valence-corrected chi connectivity index (χ3v) is 2.15. The number of hydrogen-bond donors (Lipinski definition) is 1. The van der Waals surface area contributed by atoms with E-state index < -0.39 is 5.82 Å². The molecule has 0 unspecified atom stereocenters. The maximum absolute atomic E-state index is 13.1. The zero-order valence-corrected chi connectivity index (χ0v) is 8.10. The van der Waals surface area contributed by atoms with Crippen molar-refractivity contribution < 1.29 is 9.60 Å². The largest absolute Gasteiger partial charge is 0.410 e. The van der Waals surface area contributed by atoms with Crippen molar-refractivity contribution in [2.24, 2.45) is 5.16 Å². The third kappa shape index (κ3) is 1.76. The number of rotatable bonds is 1. The fraction of sp³-hybridized carbons (Fsp3) is 0. The van der Waals surface area contributed by atoms with Gasteiger partial charge in [0.05, 0.1) is 10.0 Å². The maximum Gasteiger partial charge on any atom is 0.178 e. The molecule has 0 aromatic heterocycles. The summed E-state index contributed by atoms with van der Waals surface area (Å²) in [7, 11) is 0. The molecule has 0 fully saturated rings. The summed E-state index contributed by atoms with van der Waals surface area (Å²) < 4.78 is 13.4. The Labute approximate surface area is 81.8 Å². The van der Waals surface area contributed by atoms with Crippen LogP contribution in [0.4, 0.5) is 4.39 Å². The smallest absolute Gasteiger partial charge is 0.178 e. The number of oxime groups is 1. The van der Waals surface area contributed by atoms with Crippen LogP contribution in [0, 0.1) is 5.82 Å². The first kappa shape index (κ1) is 9.48. The SMILES string of the molecule is O/N=C(\Cl)c1cccc(Br)c1F. The average molecular weight is 252 g/mol. The lowest BCUT2D eigenvalue weighted by molar-refractivity contribution is 0.320. The van der Waals surface area contributed by atoms with Gasteiger partial charge in [-0.1, -0.05) is 22.8 Å². The number of hydrogen-bond acceptors (Lipinski definition) is 2. The highest BCUT2D eigenvalue weighted by atomic mass is 79.9. The van der Waals surface area contributed by atoms with E-state index in [2.05, 4.69) is 21.1 Å². The Hall–Kier alpha value is -0.610. The Kier molecular flexibility index (Phi) is 3.05. The summed E-state index contributed by atoms with van der Waals surface area (Å²) in [5.41, 5.74) is 0.0635. The molecule has 64 valence electrons. The molecule has 1 N–H and O–H groups in total. The van der Waals surface area contributed by atoms with Crippen LogP contribution < -0.4 is 0 Å². The Bertz CT molecular complexity index is 329. The molecule has 0 bridgehead atoms. The minimum absolute atomic E-state index is 0.0635. The molecule has 0 spiro atoms. The van der Waals surface area contributed by atoms with Crippen molar-refractivity contribution in [3.63, 3.8) is 0 Å². The molecule has 2 nitrogen and oxygen atoms in total. The molecule has 1 aromatic rings. The molecule has 5 heteroatoms. The van der Waals surface area contributed by atoms with Crippen LogP contribution >= 0.6 is 27.5 Å². The second-order valence-corrected chi connectivity index (χ2v) is 3.20. The summed E-state index contributed by atoms with van der Waals surface area (Å²) in [5, 5.41) is 10.7. The number of nitrogens with zero attached hydrogens (tertiary/aromatic N) is 1. The summed E-state index contributed by atoms with van der Waals surface area (Å²) >= 11 is 8.38. The van der Waals surface area contributed by atoms with Crippen molar-refractivity contribution >= 4 is 32.7 Å². The van der Waals surface area contributed by atoms with Gasteiger partial charge in [0.1, 0.15) is 5.82 Å². The van der Waals surface area contributed by atoms with Gasteiger partial charge in [-0.25, -0.2) is 4.39 Å². The van der Waals surface area contributed by atoms with Crippen LogP contribution in [0.15, 0.2) is 27.8 Å². The fourth-order valence-corrected chi connectivity index (χ4v) is 1.23. The van der Waals surface area contributed by atoms with Crippen LogP contribution in [-0.2, 0) is 0 Å². The zero-order chi connectivity index (χ0) is 9.14. The number of halogens is 3. The van der Waals surface area contributed by atoms with Crippen molar-refractivity contribution in [1.29, 1.82) is 0 Å². The van der Waals surface area contributed by atoms with Crippen molar-refractivity contribution in [3.05, 3.63) is 34.1 Å². The maximum atomic E-state index is 13.1. The van der Waals surface area contributed by atoms with E-state index in [0.717, 1.165) is 0 Å². The van der Waals surface area contributed by atoms with Gasteiger partial charge < -0.3 is 5.21 Å². The Morgan fingerprint density at radius 1 is 1.58 bits per heavy atom. The Morgan fingerprint density at radius 3 is 2.83 bits per heavy atom. The fourth-order valence-electron chi connectivity index (χ4n) is 0.717. The summed E-state index contributed by atoms with van der Waals surface area (Å²) in [6.45, 7) is 0. The Balaban J connectivity index is 3.26. The zero-order valence-electron chi connectivity index (χ0n) is 5.76. The molecule has 1 rings (SSSR count). The highest BCUT2D eigenvalue weighted by molar-refractivity contribution is 9.10. The molecule has 0 atom stereocenters. The second-order valence-electron chi connectivity index (χ2n) is 1.99. The van der Waals surface area contributed by atoms with E-state index in [0.29, 0.717) is 0 Å². The molecule has 12 heavy (non-hydrogen) atoms. The first-order valence-corrected chi connectivity index (χ1v) is 4.16. The molecule has 0 aliphatic heterocycles. The first-order valence-electron chi connectivity index (χ1n) is 2.98. The molecule has 0 heterocycles. The molecule has 0 radical (unpaired) electrons. The van der Waals surface area contributed by atoms with Crippen molar-refractivity contribution in [2.45, 2.75) is 0 Å². The van der Waals surface area contributed by atoms with Crippen molar-refractivity contribution in [1.82, 2.24) is 0 Å². The normalized spacial score (nSPS) is 11.8. The van der Waals surface area contributed by atoms with E-state index in [1.165, 1.54) is 12.1 Å². The van der Waals surface area contributed by atoms with Crippen molar-refractivity contribution in [3.8, 4) is 0 Å². The van der Waals surface area contributed by atoms with Gasteiger partial charge in [0.25, 0.3) is 0 Å². The van der Waals surface area contributed by atoms with E-state index in [-0.39, 0.29) is 15.2 Å². The van der Waals surface area contributed by atoms with Gasteiger partial charge in [-0.15, -0.1) is 0 Å². The minimum atomic E-state index is -0.541. The topological polar surface area (TPSA) is 32.6 Å². The van der Waals surface area contributed by atoms with E-state index in [4.69, 9.17) is 16.8 Å². The predicted molar refractivity (Wildman–Crippen MR) is 48.3 cm³/mol. The van der Waals surface area contributed by atoms with Gasteiger partial charge in [0.2, 0.25) is 0 Å². The van der Waals surface area contributed by atoms with Gasteiger partial charge >= 0.3 is 0 Å². The number of benzene rings is 1. The first-order chi connectivity index (χ1) is 5.66. The van der Waals surface area contributed by atoms with E-state index in [1.54, 1.807) is 6.07 Å². The highest BCUT2D eigenvalue weighted by Gasteiger charge is 2.09. The van der Waals surface area contributed by atoms with Gasteiger partial charge in [-0.3, -0.25) is 0 Å². The lowest BCUT2D eigenvalue weighted by Crippen LogP contribution is -1.96. The van der Waals surface area contributed by atoms with Crippen LogP contribution in [-0.4, -0.2) is 10.4 Å². The van der Waals surface area contributed by atoms with Crippen LogP contribution in [0.5, 0.6) is 0 Å². The molecule has 0 aliphatic carbocycles. The quantitative estimate of drug-likeness (QED) is 0.465. The molecule has 0 saturated heterocycles. The molecular formula is C7H4BrClFNO. The van der Waals surface area contributed by atoms with Crippen molar-refractivity contribution in [2.75, 3.05) is 0 Å². The average Bonchev–Trinajstić information content (AvgIpc) is 2.08. The molecular weight excluding hydrogens is 248 g/mol. The Morgan fingerprint density at radius 2 is 2.25 bits per heavy atom. The minimum Gasteiger partial charge on any atom is -0.410 e. The van der Waals surface area contributed by atoms with Crippen LogP contribution in [0.25, 0.3) is 0 Å². The summed E-state index contributed by atoms with van der Waals surface area (Å²) in [6, 6.07) is 4.54. The molecule has 0 aliphatic rings. The van der Waals surface area contributed by atoms with E-state index in [9.17, 15) is 4.39 Å². The van der Waals surface area contributed by atoms with Gasteiger partial charge in [0, 0.05) is 0 Å². The lowest BCUT2D eigenvalue weighted by Gasteiger charge is -1.99. The van der Waals surface area contributed by atoms with Gasteiger partial charge in [0.15, 0.2) is 5.17 Å². The summed E-state index contributed by atoms with van der Waals surface area (Å²) in [4.78, 5) is 0. The molecule has 0 amide bonds. The monoisotopic (exact) mass is 251 g/mol. The lowest BCUT2D eigenvalue weighted by atomic mass is 10.2. The second kappa shape index (κ2) is 3.87. The van der Waals surface area contributed by atoms with Crippen LogP contribution in [0.3, 0.4) is 0 Å². The van der Waals surface area contributed by atoms with Gasteiger partial charge in [-0.05, 0) is 28.1 Å². The summed E-state index contributed by atoms with van der Waals surface area (Å²) in [5.74, 6) is -0.541. The van der Waals surface area contributed by atoms with Crippen LogP contribution in [0.1, 0.15) is 5.56 Å². The van der Waals surface area contributed by atoms with E-state index >= 15 is 0 Å². The third-order valence-electron chi connectivity index (χ3n) is 1.26.